The maximum atomic E-state index is 13.0. The third kappa shape index (κ3) is 2.24. The predicted molar refractivity (Wildman–Crippen MR) is 96.1 cm³/mol. The van der Waals surface area contributed by atoms with E-state index in [9.17, 15) is 18.3 Å². The molecule has 6 nitrogen and oxygen atoms in total. The van der Waals surface area contributed by atoms with Crippen LogP contribution in [0.2, 0.25) is 0 Å². The number of hydrogen-bond donors (Lipinski definition) is 1. The van der Waals surface area contributed by atoms with Gasteiger partial charge in [0.05, 0.1) is 4.90 Å². The topological polar surface area (TPSA) is 87.8 Å². The van der Waals surface area contributed by atoms with Gasteiger partial charge < -0.3 is 9.52 Å². The van der Waals surface area contributed by atoms with Crippen molar-refractivity contribution in [2.75, 3.05) is 6.54 Å². The lowest BCUT2D eigenvalue weighted by Gasteiger charge is -2.30. The van der Waals surface area contributed by atoms with Gasteiger partial charge in [-0.3, -0.25) is 9.10 Å². The van der Waals surface area contributed by atoms with Gasteiger partial charge in [0.25, 0.3) is 10.0 Å². The summed E-state index contributed by atoms with van der Waals surface area (Å²) >= 11 is 0. The van der Waals surface area contributed by atoms with Gasteiger partial charge in [-0.2, -0.15) is 0 Å². The van der Waals surface area contributed by atoms with Crippen molar-refractivity contribution in [1.82, 2.24) is 4.31 Å². The van der Waals surface area contributed by atoms with Gasteiger partial charge in [-0.15, -0.1) is 0 Å². The molecule has 26 heavy (non-hydrogen) atoms. The Morgan fingerprint density at radius 3 is 2.54 bits per heavy atom. The van der Waals surface area contributed by atoms with Gasteiger partial charge in [-0.05, 0) is 31.2 Å². The summed E-state index contributed by atoms with van der Waals surface area (Å²) in [6.07, 6.45) is 0. The van der Waals surface area contributed by atoms with Crippen molar-refractivity contribution in [3.8, 4) is 0 Å². The molecule has 1 aliphatic rings. The number of Topliss-reactive ketones (excluding diaryl/α,β-unsaturated/α-hetero) is 1. The zero-order valence-electron chi connectivity index (χ0n) is 13.8. The number of hydrogen-bond acceptors (Lipinski definition) is 5. The van der Waals surface area contributed by atoms with E-state index in [-0.39, 0.29) is 34.2 Å². The fourth-order valence-corrected chi connectivity index (χ4v) is 4.81. The van der Waals surface area contributed by atoms with Crippen LogP contribution in [0.1, 0.15) is 23.0 Å². The minimum absolute atomic E-state index is 0.00201. The Hall–Kier alpha value is -3.06. The first-order valence-electron chi connectivity index (χ1n) is 8.04. The maximum absolute atomic E-state index is 13.0. The zero-order valence-corrected chi connectivity index (χ0v) is 14.7. The minimum Gasteiger partial charge on any atom is -0.505 e. The standard InChI is InChI=1S/C19H15NO5S/c1-2-20-17(18(21)13-8-4-6-10-16(13)26(20,23)24)19(22)15-11-12-7-3-5-9-14(12)25-15/h3-11,21H,2H2,1H3. The number of aliphatic hydroxyl groups excluding tert-OH is 1. The van der Waals surface area contributed by atoms with Crippen molar-refractivity contribution in [2.24, 2.45) is 0 Å². The largest absolute Gasteiger partial charge is 0.505 e. The molecule has 1 N–H and O–H groups in total. The Balaban J connectivity index is 1.94. The van der Waals surface area contributed by atoms with Crippen LogP contribution in [0.25, 0.3) is 16.7 Å². The highest BCUT2D eigenvalue weighted by Gasteiger charge is 2.40. The van der Waals surface area contributed by atoms with E-state index in [0.29, 0.717) is 5.58 Å². The molecule has 0 spiro atoms. The Morgan fingerprint density at radius 1 is 1.12 bits per heavy atom. The second-order valence-electron chi connectivity index (χ2n) is 5.84. The highest BCUT2D eigenvalue weighted by molar-refractivity contribution is 7.89. The summed E-state index contributed by atoms with van der Waals surface area (Å²) in [5.41, 5.74) is 0.319. The van der Waals surface area contributed by atoms with Crippen LogP contribution in [0.4, 0.5) is 0 Å². The van der Waals surface area contributed by atoms with E-state index in [1.165, 1.54) is 12.1 Å². The number of fused-ring (bicyclic) bond motifs is 2. The number of carbonyl (C=O) groups is 1. The fourth-order valence-electron chi connectivity index (χ4n) is 3.13. The van der Waals surface area contributed by atoms with Crippen molar-refractivity contribution in [3.05, 3.63) is 71.6 Å². The number of likely N-dealkylation sites (N-methyl/N-ethyl adjacent to an activating group) is 1. The highest BCUT2D eigenvalue weighted by Crippen LogP contribution is 2.37. The first-order valence-corrected chi connectivity index (χ1v) is 9.48. The van der Waals surface area contributed by atoms with E-state index in [4.69, 9.17) is 4.42 Å². The summed E-state index contributed by atoms with van der Waals surface area (Å²) in [5.74, 6) is -1.08. The van der Waals surface area contributed by atoms with Crippen LogP contribution >= 0.6 is 0 Å². The molecular weight excluding hydrogens is 354 g/mol. The number of aliphatic hydroxyl groups is 1. The summed E-state index contributed by atoms with van der Waals surface area (Å²) in [6, 6.07) is 14.7. The van der Waals surface area contributed by atoms with Crippen LogP contribution in [0.3, 0.4) is 0 Å². The van der Waals surface area contributed by atoms with Gasteiger partial charge in [0.2, 0.25) is 5.78 Å². The van der Waals surface area contributed by atoms with Crippen LogP contribution in [0, 0.1) is 0 Å². The average Bonchev–Trinajstić information content (AvgIpc) is 3.08. The molecule has 0 atom stereocenters. The van der Waals surface area contributed by atoms with Gasteiger partial charge in [-0.25, -0.2) is 8.42 Å². The van der Waals surface area contributed by atoms with Crippen LogP contribution in [0.5, 0.6) is 0 Å². The number of benzene rings is 2. The molecule has 0 saturated heterocycles. The van der Waals surface area contributed by atoms with Crippen molar-refractivity contribution in [1.29, 1.82) is 0 Å². The Morgan fingerprint density at radius 2 is 1.81 bits per heavy atom. The molecule has 3 aromatic rings. The van der Waals surface area contributed by atoms with Gasteiger partial charge in [0.1, 0.15) is 11.3 Å². The van der Waals surface area contributed by atoms with E-state index in [0.717, 1.165) is 9.69 Å². The number of rotatable bonds is 3. The molecule has 0 unspecified atom stereocenters. The van der Waals surface area contributed by atoms with E-state index < -0.39 is 15.8 Å². The summed E-state index contributed by atoms with van der Waals surface area (Å²) in [6.45, 7) is 1.60. The molecule has 7 heteroatoms. The van der Waals surface area contributed by atoms with E-state index in [1.54, 1.807) is 43.3 Å². The summed E-state index contributed by atoms with van der Waals surface area (Å²) in [4.78, 5) is 13.0. The van der Waals surface area contributed by atoms with E-state index in [2.05, 4.69) is 0 Å². The Labute approximate surface area is 150 Å². The molecule has 2 aromatic carbocycles. The Kier molecular flexibility index (Phi) is 3.62. The second kappa shape index (κ2) is 5.74. The molecule has 1 aromatic heterocycles. The fraction of sp³-hybridized carbons (Fsp3) is 0.105. The van der Waals surface area contributed by atoms with Crippen molar-refractivity contribution >= 4 is 32.5 Å². The van der Waals surface area contributed by atoms with Gasteiger partial charge in [0.15, 0.2) is 11.5 Å². The SMILES string of the molecule is CCN1C(C(=O)c2cc3ccccc3o2)=C(O)c2ccccc2S1(=O)=O. The van der Waals surface area contributed by atoms with Crippen LogP contribution in [0.15, 0.2) is 69.6 Å². The molecule has 0 radical (unpaired) electrons. The third-order valence-corrected chi connectivity index (χ3v) is 6.27. The molecule has 4 rings (SSSR count). The Bertz CT molecular complexity index is 1140. The van der Waals surface area contributed by atoms with Crippen LogP contribution in [-0.2, 0) is 10.0 Å². The number of nitrogens with zero attached hydrogens (tertiary/aromatic N) is 1. The van der Waals surface area contributed by atoms with Crippen LogP contribution < -0.4 is 0 Å². The summed E-state index contributed by atoms with van der Waals surface area (Å²) < 4.78 is 32.3. The highest BCUT2D eigenvalue weighted by atomic mass is 32.2. The summed E-state index contributed by atoms with van der Waals surface area (Å²) in [7, 11) is -3.95. The van der Waals surface area contributed by atoms with Crippen LogP contribution in [-0.4, -0.2) is 30.2 Å². The molecule has 1 aliphatic heterocycles. The molecule has 0 amide bonds. The van der Waals surface area contributed by atoms with Gasteiger partial charge in [-0.1, -0.05) is 30.3 Å². The smallest absolute Gasteiger partial charge is 0.265 e. The van der Waals surface area contributed by atoms with Crippen molar-refractivity contribution < 1.29 is 22.7 Å². The molecule has 0 aliphatic carbocycles. The molecule has 0 saturated carbocycles. The average molecular weight is 369 g/mol. The quantitative estimate of drug-likeness (QED) is 0.713. The molecular formula is C19H15NO5S. The van der Waals surface area contributed by atoms with Crippen molar-refractivity contribution in [3.63, 3.8) is 0 Å². The summed E-state index contributed by atoms with van der Waals surface area (Å²) in [5, 5.41) is 11.4. The number of para-hydroxylation sites is 1. The lowest BCUT2D eigenvalue weighted by Crippen LogP contribution is -2.37. The second-order valence-corrected chi connectivity index (χ2v) is 7.67. The number of ketones is 1. The number of furan rings is 1. The molecule has 132 valence electrons. The monoisotopic (exact) mass is 369 g/mol. The number of carbonyl (C=O) groups excluding carboxylic acids is 1. The molecule has 0 fully saturated rings. The zero-order chi connectivity index (χ0) is 18.5. The maximum Gasteiger partial charge on any atom is 0.265 e. The predicted octanol–water partition coefficient (Wildman–Crippen LogP) is 3.57. The lowest BCUT2D eigenvalue weighted by atomic mass is 10.1. The van der Waals surface area contributed by atoms with Gasteiger partial charge in [0, 0.05) is 17.5 Å². The minimum atomic E-state index is -3.95. The van der Waals surface area contributed by atoms with Crippen molar-refractivity contribution in [2.45, 2.75) is 11.8 Å². The molecule has 0 bridgehead atoms. The first kappa shape index (κ1) is 16.4. The normalized spacial score (nSPS) is 16.0. The molecule has 2 heterocycles. The van der Waals surface area contributed by atoms with Gasteiger partial charge >= 0.3 is 0 Å². The number of sulfonamides is 1. The number of allylic oxidation sites excluding steroid dienone is 1. The third-order valence-electron chi connectivity index (χ3n) is 4.34. The lowest BCUT2D eigenvalue weighted by molar-refractivity contribution is 0.0983. The van der Waals surface area contributed by atoms with E-state index in [1.807, 2.05) is 6.07 Å². The first-order chi connectivity index (χ1) is 12.4. The van der Waals surface area contributed by atoms with E-state index >= 15 is 0 Å².